The highest BCUT2D eigenvalue weighted by Crippen LogP contribution is 2.33. The van der Waals surface area contributed by atoms with Crippen LogP contribution in [-0.4, -0.2) is 29.5 Å². The van der Waals surface area contributed by atoms with E-state index in [0.717, 1.165) is 56.4 Å². The van der Waals surface area contributed by atoms with E-state index in [-0.39, 0.29) is 5.91 Å². The minimum atomic E-state index is 0.156. The second kappa shape index (κ2) is 7.29. The molecule has 1 fully saturated rings. The highest BCUT2D eigenvalue weighted by molar-refractivity contribution is 7.21. The molecule has 0 atom stereocenters. The molecule has 0 spiro atoms. The molecule has 1 amide bonds. The van der Waals surface area contributed by atoms with Gasteiger partial charge in [0.15, 0.2) is 0 Å². The molecule has 0 radical (unpaired) electrons. The van der Waals surface area contributed by atoms with Crippen molar-refractivity contribution in [2.75, 3.05) is 18.6 Å². The fourth-order valence-electron chi connectivity index (χ4n) is 3.57. The number of hydrogen-bond acceptors (Lipinski definition) is 5. The first kappa shape index (κ1) is 17.8. The van der Waals surface area contributed by atoms with Crippen molar-refractivity contribution in [1.82, 2.24) is 9.97 Å². The highest BCUT2D eigenvalue weighted by atomic mass is 32.1. The molecular weight excluding hydrogens is 382 g/mol. The molecule has 0 bridgehead atoms. The number of benzene rings is 2. The third-order valence-electron chi connectivity index (χ3n) is 5.16. The largest absolute Gasteiger partial charge is 0.497 e. The van der Waals surface area contributed by atoms with Crippen molar-refractivity contribution in [3.8, 4) is 27.4 Å². The summed E-state index contributed by atoms with van der Waals surface area (Å²) in [5, 5.41) is 0.987. The van der Waals surface area contributed by atoms with E-state index in [4.69, 9.17) is 9.72 Å². The van der Waals surface area contributed by atoms with Crippen molar-refractivity contribution in [3.63, 3.8) is 0 Å². The Morgan fingerprint density at radius 2 is 1.79 bits per heavy atom. The first-order valence-electron chi connectivity index (χ1n) is 9.53. The summed E-state index contributed by atoms with van der Waals surface area (Å²) in [4.78, 5) is 22.9. The third-order valence-corrected chi connectivity index (χ3v) is 6.23. The van der Waals surface area contributed by atoms with Gasteiger partial charge in [0.05, 0.1) is 17.3 Å². The van der Waals surface area contributed by atoms with Crippen molar-refractivity contribution < 1.29 is 9.53 Å². The van der Waals surface area contributed by atoms with Crippen LogP contribution in [0.5, 0.6) is 5.75 Å². The van der Waals surface area contributed by atoms with Crippen LogP contribution in [0.1, 0.15) is 12.8 Å². The number of rotatable bonds is 4. The summed E-state index contributed by atoms with van der Waals surface area (Å²) in [5.41, 5.74) is 4.18. The first-order valence-corrected chi connectivity index (χ1v) is 10.3. The van der Waals surface area contributed by atoms with Crippen molar-refractivity contribution in [2.45, 2.75) is 12.8 Å². The smallest absolute Gasteiger partial charge is 0.228 e. The van der Waals surface area contributed by atoms with E-state index in [1.807, 2.05) is 36.5 Å². The van der Waals surface area contributed by atoms with Gasteiger partial charge in [-0.2, -0.15) is 0 Å². The lowest BCUT2D eigenvalue weighted by atomic mass is 10.1. The number of carbonyl (C=O) groups is 1. The minimum Gasteiger partial charge on any atom is -0.497 e. The van der Waals surface area contributed by atoms with Crippen LogP contribution in [0.3, 0.4) is 0 Å². The predicted octanol–water partition coefficient (Wildman–Crippen LogP) is 5.16. The van der Waals surface area contributed by atoms with Gasteiger partial charge in [-0.1, -0.05) is 24.3 Å². The number of carbonyl (C=O) groups excluding carboxylic acids is 1. The fourth-order valence-corrected chi connectivity index (χ4v) is 4.57. The topological polar surface area (TPSA) is 55.3 Å². The molecule has 29 heavy (non-hydrogen) atoms. The fraction of sp³-hybridized carbons (Fsp3) is 0.174. The lowest BCUT2D eigenvalue weighted by Crippen LogP contribution is -2.24. The van der Waals surface area contributed by atoms with Crippen molar-refractivity contribution in [1.29, 1.82) is 0 Å². The van der Waals surface area contributed by atoms with Crippen LogP contribution in [0.2, 0.25) is 0 Å². The van der Waals surface area contributed by atoms with Gasteiger partial charge in [-0.25, -0.2) is 9.97 Å². The zero-order chi connectivity index (χ0) is 19.8. The summed E-state index contributed by atoms with van der Waals surface area (Å²) >= 11 is 1.66. The molecular formula is C23H19N3O2S. The standard InChI is InChI=1S/C23H19N3O2S/c1-28-18-9-10-19-20(13-18)29-23(25-19)16-6-4-15(5-7-16)17-8-11-21(24-14-17)26-12-2-3-22(26)27/h4-11,13-14H,2-3,12H2,1H3. The Hall–Kier alpha value is -3.25. The lowest BCUT2D eigenvalue weighted by molar-refractivity contribution is -0.117. The molecule has 2 aromatic carbocycles. The summed E-state index contributed by atoms with van der Waals surface area (Å²) in [6.07, 6.45) is 3.35. The van der Waals surface area contributed by atoms with Crippen LogP contribution in [0.15, 0.2) is 60.8 Å². The number of hydrogen-bond donors (Lipinski definition) is 0. The van der Waals surface area contributed by atoms with Gasteiger partial charge in [0.2, 0.25) is 5.91 Å². The number of anilines is 1. The summed E-state index contributed by atoms with van der Waals surface area (Å²) < 4.78 is 6.41. The summed E-state index contributed by atoms with van der Waals surface area (Å²) in [6.45, 7) is 0.758. The second-order valence-electron chi connectivity index (χ2n) is 6.98. The SMILES string of the molecule is COc1ccc2nc(-c3ccc(-c4ccc(N5CCCC5=O)nc4)cc3)sc2c1. The molecule has 4 aromatic rings. The normalized spacial score (nSPS) is 14.0. The van der Waals surface area contributed by atoms with E-state index in [0.29, 0.717) is 6.42 Å². The molecule has 3 heterocycles. The van der Waals surface area contributed by atoms with Crippen LogP contribution >= 0.6 is 11.3 Å². The maximum atomic E-state index is 11.9. The molecule has 1 aliphatic heterocycles. The summed E-state index contributed by atoms with van der Waals surface area (Å²) in [7, 11) is 1.67. The molecule has 1 aliphatic rings. The Morgan fingerprint density at radius 3 is 2.48 bits per heavy atom. The third kappa shape index (κ3) is 3.36. The number of aromatic nitrogens is 2. The Balaban J connectivity index is 1.39. The van der Waals surface area contributed by atoms with E-state index < -0.39 is 0 Å². The highest BCUT2D eigenvalue weighted by Gasteiger charge is 2.22. The van der Waals surface area contributed by atoms with E-state index >= 15 is 0 Å². The molecule has 144 valence electrons. The maximum absolute atomic E-state index is 11.9. The van der Waals surface area contributed by atoms with Gasteiger partial charge in [0.25, 0.3) is 0 Å². The van der Waals surface area contributed by atoms with Gasteiger partial charge in [-0.05, 0) is 42.3 Å². The van der Waals surface area contributed by atoms with E-state index in [1.54, 1.807) is 23.3 Å². The Labute approximate surface area is 172 Å². The molecule has 0 saturated carbocycles. The second-order valence-corrected chi connectivity index (χ2v) is 8.01. The van der Waals surface area contributed by atoms with Crippen LogP contribution < -0.4 is 9.64 Å². The number of thiazole rings is 1. The monoisotopic (exact) mass is 401 g/mol. The minimum absolute atomic E-state index is 0.156. The average Bonchev–Trinajstić information content (AvgIpc) is 3.39. The van der Waals surface area contributed by atoms with Gasteiger partial charge >= 0.3 is 0 Å². The van der Waals surface area contributed by atoms with Gasteiger partial charge in [-0.3, -0.25) is 9.69 Å². The molecule has 0 unspecified atom stereocenters. The first-order chi connectivity index (χ1) is 14.2. The quantitative estimate of drug-likeness (QED) is 0.474. The van der Waals surface area contributed by atoms with E-state index in [2.05, 4.69) is 29.2 Å². The Morgan fingerprint density at radius 1 is 1.00 bits per heavy atom. The van der Waals surface area contributed by atoms with Crippen LogP contribution in [0.25, 0.3) is 31.9 Å². The van der Waals surface area contributed by atoms with Crippen molar-refractivity contribution >= 4 is 33.3 Å². The average molecular weight is 401 g/mol. The Bertz CT molecular complexity index is 1180. The van der Waals surface area contributed by atoms with Crippen LogP contribution in [0.4, 0.5) is 5.82 Å². The van der Waals surface area contributed by atoms with E-state index in [1.165, 1.54) is 0 Å². The number of pyridine rings is 1. The summed E-state index contributed by atoms with van der Waals surface area (Å²) in [6, 6.07) is 18.2. The van der Waals surface area contributed by atoms with Crippen LogP contribution in [-0.2, 0) is 4.79 Å². The zero-order valence-corrected chi connectivity index (χ0v) is 16.8. The molecule has 5 rings (SSSR count). The van der Waals surface area contributed by atoms with E-state index in [9.17, 15) is 4.79 Å². The molecule has 0 aliphatic carbocycles. The maximum Gasteiger partial charge on any atom is 0.228 e. The molecule has 0 N–H and O–H groups in total. The molecule has 5 nitrogen and oxygen atoms in total. The number of methoxy groups -OCH3 is 1. The number of fused-ring (bicyclic) bond motifs is 1. The van der Waals surface area contributed by atoms with Crippen LogP contribution in [0, 0.1) is 0 Å². The predicted molar refractivity (Wildman–Crippen MR) is 116 cm³/mol. The molecule has 1 saturated heterocycles. The summed E-state index contributed by atoms with van der Waals surface area (Å²) in [5.74, 6) is 1.73. The van der Waals surface area contributed by atoms with Gasteiger partial charge < -0.3 is 4.74 Å². The molecule has 2 aromatic heterocycles. The van der Waals surface area contributed by atoms with Gasteiger partial charge in [0.1, 0.15) is 16.6 Å². The zero-order valence-electron chi connectivity index (χ0n) is 16.0. The van der Waals surface area contributed by atoms with Crippen molar-refractivity contribution in [3.05, 3.63) is 60.8 Å². The number of nitrogens with zero attached hydrogens (tertiary/aromatic N) is 3. The number of ether oxygens (including phenoxy) is 1. The lowest BCUT2D eigenvalue weighted by Gasteiger charge is -2.14. The molecule has 6 heteroatoms. The van der Waals surface area contributed by atoms with Gasteiger partial charge in [-0.15, -0.1) is 11.3 Å². The number of amides is 1. The van der Waals surface area contributed by atoms with Gasteiger partial charge in [0, 0.05) is 30.3 Å². The van der Waals surface area contributed by atoms with Crippen molar-refractivity contribution in [2.24, 2.45) is 0 Å². The Kier molecular flexibility index (Phi) is 4.48.